The van der Waals surface area contributed by atoms with Gasteiger partial charge in [-0.1, -0.05) is 0 Å². The molecule has 0 aliphatic heterocycles. The van der Waals surface area contributed by atoms with Crippen molar-refractivity contribution >= 4 is 0 Å². The number of nitrogens with two attached hydrogens (primary N) is 1. The second-order valence-corrected chi connectivity index (χ2v) is 2.45. The zero-order valence-electron chi connectivity index (χ0n) is 6.85. The van der Waals surface area contributed by atoms with Crippen molar-refractivity contribution in [1.82, 2.24) is 9.55 Å². The summed E-state index contributed by atoms with van der Waals surface area (Å²) in [7, 11) is 0. The summed E-state index contributed by atoms with van der Waals surface area (Å²) < 4.78 is 1.65. The van der Waals surface area contributed by atoms with E-state index in [0.29, 0.717) is 13.1 Å². The van der Waals surface area contributed by atoms with Crippen LogP contribution in [-0.4, -0.2) is 9.55 Å². The number of hydrogen-bond acceptors (Lipinski definition) is 2. The van der Waals surface area contributed by atoms with Crippen LogP contribution in [-0.2, 0) is 13.1 Å². The summed E-state index contributed by atoms with van der Waals surface area (Å²) in [6.07, 6.45) is 0. The minimum atomic E-state index is -0.0644. The average Bonchev–Trinajstić information content (AvgIpc) is 2.24. The van der Waals surface area contributed by atoms with E-state index in [9.17, 15) is 4.79 Å². The lowest BCUT2D eigenvalue weighted by Gasteiger charge is -2.00. The first-order chi connectivity index (χ1) is 5.20. The van der Waals surface area contributed by atoms with Gasteiger partial charge in [-0.2, -0.15) is 0 Å². The van der Waals surface area contributed by atoms with Crippen molar-refractivity contribution in [3.05, 3.63) is 21.9 Å². The Morgan fingerprint density at radius 3 is 2.64 bits per heavy atom. The molecule has 0 atom stereocenters. The molecule has 0 aliphatic rings. The predicted molar refractivity (Wildman–Crippen MR) is 43.4 cm³/mol. The second-order valence-electron chi connectivity index (χ2n) is 2.45. The Labute approximate surface area is 65.0 Å². The summed E-state index contributed by atoms with van der Waals surface area (Å²) in [5.41, 5.74) is 7.17. The maximum Gasteiger partial charge on any atom is 0.325 e. The molecule has 1 aromatic heterocycles. The van der Waals surface area contributed by atoms with E-state index in [0.717, 1.165) is 11.4 Å². The fourth-order valence-electron chi connectivity index (χ4n) is 1.22. The molecule has 1 heterocycles. The first kappa shape index (κ1) is 8.07. The lowest BCUT2D eigenvalue weighted by molar-refractivity contribution is 0.685. The SMILES string of the molecule is CCn1c(CN)c(C)[nH]c1=O. The molecule has 0 saturated carbocycles. The number of H-pyrrole nitrogens is 1. The highest BCUT2D eigenvalue weighted by Gasteiger charge is 2.05. The van der Waals surface area contributed by atoms with E-state index in [4.69, 9.17) is 5.73 Å². The zero-order valence-corrected chi connectivity index (χ0v) is 6.85. The highest BCUT2D eigenvalue weighted by Crippen LogP contribution is 2.00. The number of aromatic nitrogens is 2. The number of imidazole rings is 1. The lowest BCUT2D eigenvalue weighted by atomic mass is 10.3. The third kappa shape index (κ3) is 1.21. The van der Waals surface area contributed by atoms with Crippen LogP contribution in [0.2, 0.25) is 0 Å². The van der Waals surface area contributed by atoms with Crippen molar-refractivity contribution in [3.63, 3.8) is 0 Å². The van der Waals surface area contributed by atoms with E-state index < -0.39 is 0 Å². The van der Waals surface area contributed by atoms with Crippen LogP contribution in [0.4, 0.5) is 0 Å². The van der Waals surface area contributed by atoms with Gasteiger partial charge >= 0.3 is 5.69 Å². The van der Waals surface area contributed by atoms with Crippen LogP contribution in [0.15, 0.2) is 4.79 Å². The summed E-state index contributed by atoms with van der Waals surface area (Å²) in [4.78, 5) is 13.8. The highest BCUT2D eigenvalue weighted by atomic mass is 16.1. The van der Waals surface area contributed by atoms with E-state index in [1.165, 1.54) is 0 Å². The van der Waals surface area contributed by atoms with E-state index in [1.54, 1.807) is 4.57 Å². The van der Waals surface area contributed by atoms with Crippen LogP contribution in [0.25, 0.3) is 0 Å². The molecule has 62 valence electrons. The van der Waals surface area contributed by atoms with Gasteiger partial charge in [0.1, 0.15) is 0 Å². The van der Waals surface area contributed by atoms with Gasteiger partial charge < -0.3 is 10.7 Å². The Morgan fingerprint density at radius 2 is 2.27 bits per heavy atom. The Kier molecular flexibility index (Phi) is 2.14. The van der Waals surface area contributed by atoms with Gasteiger partial charge in [-0.05, 0) is 13.8 Å². The summed E-state index contributed by atoms with van der Waals surface area (Å²) in [6, 6.07) is 0. The lowest BCUT2D eigenvalue weighted by Crippen LogP contribution is -2.18. The molecular weight excluding hydrogens is 142 g/mol. The van der Waals surface area contributed by atoms with Crippen LogP contribution in [0.3, 0.4) is 0 Å². The minimum Gasteiger partial charge on any atom is -0.325 e. The summed E-state index contributed by atoms with van der Waals surface area (Å²) in [6.45, 7) is 4.87. The van der Waals surface area contributed by atoms with Crippen molar-refractivity contribution in [1.29, 1.82) is 0 Å². The number of rotatable bonds is 2. The molecular formula is C7H13N3O. The van der Waals surface area contributed by atoms with Gasteiger partial charge in [0.25, 0.3) is 0 Å². The van der Waals surface area contributed by atoms with E-state index in [2.05, 4.69) is 4.98 Å². The van der Waals surface area contributed by atoms with E-state index in [-0.39, 0.29) is 5.69 Å². The molecule has 3 N–H and O–H groups in total. The Morgan fingerprint density at radius 1 is 1.64 bits per heavy atom. The number of nitrogens with zero attached hydrogens (tertiary/aromatic N) is 1. The Balaban J connectivity index is 3.29. The maximum atomic E-state index is 11.1. The van der Waals surface area contributed by atoms with Crippen LogP contribution >= 0.6 is 0 Å². The minimum absolute atomic E-state index is 0.0644. The second kappa shape index (κ2) is 2.92. The third-order valence-electron chi connectivity index (χ3n) is 1.81. The van der Waals surface area contributed by atoms with Gasteiger partial charge in [-0.15, -0.1) is 0 Å². The molecule has 0 aromatic carbocycles. The smallest absolute Gasteiger partial charge is 0.325 e. The van der Waals surface area contributed by atoms with E-state index in [1.807, 2.05) is 13.8 Å². The van der Waals surface area contributed by atoms with Gasteiger partial charge in [0.2, 0.25) is 0 Å². The molecule has 0 aliphatic carbocycles. The first-order valence-corrected chi connectivity index (χ1v) is 3.69. The maximum absolute atomic E-state index is 11.1. The molecule has 4 heteroatoms. The van der Waals surface area contributed by atoms with Crippen molar-refractivity contribution in [2.75, 3.05) is 0 Å². The van der Waals surface area contributed by atoms with Gasteiger partial charge in [0, 0.05) is 18.8 Å². The molecule has 4 nitrogen and oxygen atoms in total. The molecule has 0 amide bonds. The first-order valence-electron chi connectivity index (χ1n) is 3.69. The zero-order chi connectivity index (χ0) is 8.43. The van der Waals surface area contributed by atoms with Crippen LogP contribution < -0.4 is 11.4 Å². The molecule has 0 saturated heterocycles. The summed E-state index contributed by atoms with van der Waals surface area (Å²) in [5.74, 6) is 0. The van der Waals surface area contributed by atoms with Crippen LogP contribution in [0, 0.1) is 6.92 Å². The average molecular weight is 155 g/mol. The van der Waals surface area contributed by atoms with Crippen molar-refractivity contribution in [2.24, 2.45) is 5.73 Å². The molecule has 0 radical (unpaired) electrons. The van der Waals surface area contributed by atoms with Crippen molar-refractivity contribution in [3.8, 4) is 0 Å². The number of aryl methyl sites for hydroxylation is 1. The molecule has 1 rings (SSSR count). The largest absolute Gasteiger partial charge is 0.325 e. The Bertz CT molecular complexity index is 297. The fraction of sp³-hybridized carbons (Fsp3) is 0.571. The highest BCUT2D eigenvalue weighted by molar-refractivity contribution is 5.10. The topological polar surface area (TPSA) is 63.8 Å². The molecule has 0 bridgehead atoms. The number of aromatic amines is 1. The Hall–Kier alpha value is -1.03. The van der Waals surface area contributed by atoms with Gasteiger partial charge in [-0.3, -0.25) is 4.57 Å². The standard InChI is InChI=1S/C7H13N3O/c1-3-10-6(4-8)5(2)9-7(10)11/h3-4,8H2,1-2H3,(H,9,11). The van der Waals surface area contributed by atoms with Crippen LogP contribution in [0.1, 0.15) is 18.3 Å². The third-order valence-corrected chi connectivity index (χ3v) is 1.81. The molecule has 0 fully saturated rings. The number of hydrogen-bond donors (Lipinski definition) is 2. The molecule has 1 aromatic rings. The predicted octanol–water partition coefficient (Wildman–Crippen LogP) is -0.0366. The molecule has 0 spiro atoms. The summed E-state index contributed by atoms with van der Waals surface area (Å²) in [5, 5.41) is 0. The van der Waals surface area contributed by atoms with Gasteiger partial charge in [-0.25, -0.2) is 4.79 Å². The summed E-state index contributed by atoms with van der Waals surface area (Å²) >= 11 is 0. The molecule has 11 heavy (non-hydrogen) atoms. The van der Waals surface area contributed by atoms with E-state index >= 15 is 0 Å². The van der Waals surface area contributed by atoms with Gasteiger partial charge in [0.05, 0.1) is 5.69 Å². The molecule has 0 unspecified atom stereocenters. The fourth-order valence-corrected chi connectivity index (χ4v) is 1.22. The monoisotopic (exact) mass is 155 g/mol. The van der Waals surface area contributed by atoms with Crippen LogP contribution in [0.5, 0.6) is 0 Å². The normalized spacial score (nSPS) is 10.5. The number of nitrogens with one attached hydrogen (secondary N) is 1. The van der Waals surface area contributed by atoms with Gasteiger partial charge in [0.15, 0.2) is 0 Å². The van der Waals surface area contributed by atoms with Crippen molar-refractivity contribution in [2.45, 2.75) is 26.9 Å². The van der Waals surface area contributed by atoms with Crippen molar-refractivity contribution < 1.29 is 0 Å². The quantitative estimate of drug-likeness (QED) is 0.629.